The average Bonchev–Trinajstić information content (AvgIpc) is 2.64. The third-order valence-electron chi connectivity index (χ3n) is 2.28. The molecule has 1 fully saturated rings. The lowest BCUT2D eigenvalue weighted by Gasteiger charge is -2.06. The second kappa shape index (κ2) is 4.01. The van der Waals surface area contributed by atoms with Crippen molar-refractivity contribution in [1.29, 1.82) is 5.26 Å². The van der Waals surface area contributed by atoms with Gasteiger partial charge in [-0.1, -0.05) is 12.1 Å². The Balaban J connectivity index is 2.05. The minimum atomic E-state index is -0.364. The molecule has 1 amide bonds. The molecule has 0 aromatic heterocycles. The van der Waals surface area contributed by atoms with Crippen molar-refractivity contribution in [2.45, 2.75) is 12.5 Å². The topological polar surface area (TPSA) is 62.1 Å². The number of rotatable bonds is 2. The van der Waals surface area contributed by atoms with E-state index in [0.717, 1.165) is 5.56 Å². The number of carbonyl (C=O) groups is 1. The van der Waals surface area contributed by atoms with Crippen LogP contribution in [0.25, 0.3) is 0 Å². The number of alkyl carbamates (subject to hydrolysis) is 1. The van der Waals surface area contributed by atoms with Gasteiger partial charge in [-0.05, 0) is 24.1 Å². The molecule has 1 heterocycles. The molecule has 0 saturated carbocycles. The molecule has 1 aliphatic heterocycles. The highest BCUT2D eigenvalue weighted by Gasteiger charge is 2.21. The summed E-state index contributed by atoms with van der Waals surface area (Å²) in [5.74, 6) is 0. The van der Waals surface area contributed by atoms with Gasteiger partial charge in [-0.15, -0.1) is 0 Å². The third kappa shape index (κ3) is 2.26. The summed E-state index contributed by atoms with van der Waals surface area (Å²) < 4.78 is 4.78. The Morgan fingerprint density at radius 2 is 2.47 bits per heavy atom. The fourth-order valence-electron chi connectivity index (χ4n) is 1.59. The van der Waals surface area contributed by atoms with Gasteiger partial charge in [-0.3, -0.25) is 0 Å². The fourth-order valence-corrected chi connectivity index (χ4v) is 1.59. The third-order valence-corrected chi connectivity index (χ3v) is 2.28. The van der Waals surface area contributed by atoms with Gasteiger partial charge in [-0.2, -0.15) is 5.26 Å². The van der Waals surface area contributed by atoms with Gasteiger partial charge < -0.3 is 10.1 Å². The van der Waals surface area contributed by atoms with Gasteiger partial charge in [0.05, 0.1) is 17.7 Å². The molecule has 0 spiro atoms. The molecule has 0 unspecified atom stereocenters. The van der Waals surface area contributed by atoms with E-state index < -0.39 is 0 Å². The quantitative estimate of drug-likeness (QED) is 0.784. The van der Waals surface area contributed by atoms with Crippen LogP contribution in [0.3, 0.4) is 0 Å². The summed E-state index contributed by atoms with van der Waals surface area (Å²) in [6.45, 7) is 0.398. The standard InChI is InChI=1S/C11H10N2O2/c12-6-9-3-1-2-8(4-9)5-10-7-15-11(14)13-10/h1-4,10H,5,7H2,(H,13,14)/t10-/m0/s1. The molecule has 1 aromatic rings. The maximum absolute atomic E-state index is 10.8. The Kier molecular flexibility index (Phi) is 2.55. The smallest absolute Gasteiger partial charge is 0.407 e. The molecule has 2 rings (SSSR count). The molecule has 76 valence electrons. The molecule has 1 N–H and O–H groups in total. The van der Waals surface area contributed by atoms with Crippen molar-refractivity contribution in [2.24, 2.45) is 0 Å². The number of carbonyl (C=O) groups excluding carboxylic acids is 1. The average molecular weight is 202 g/mol. The highest BCUT2D eigenvalue weighted by atomic mass is 16.6. The van der Waals surface area contributed by atoms with E-state index in [4.69, 9.17) is 10.00 Å². The molecule has 0 radical (unpaired) electrons. The van der Waals surface area contributed by atoms with Gasteiger partial charge in [0, 0.05) is 0 Å². The zero-order valence-electron chi connectivity index (χ0n) is 8.06. The second-order valence-electron chi connectivity index (χ2n) is 3.46. The highest BCUT2D eigenvalue weighted by Crippen LogP contribution is 2.09. The number of amides is 1. The Labute approximate surface area is 87.5 Å². The lowest BCUT2D eigenvalue weighted by molar-refractivity contribution is 0.177. The molecule has 1 aliphatic rings. The summed E-state index contributed by atoms with van der Waals surface area (Å²) in [6.07, 6.45) is 0.331. The van der Waals surface area contributed by atoms with Gasteiger partial charge in [0.25, 0.3) is 0 Å². The van der Waals surface area contributed by atoms with E-state index in [-0.39, 0.29) is 12.1 Å². The van der Waals surface area contributed by atoms with Crippen LogP contribution in [0.15, 0.2) is 24.3 Å². The van der Waals surface area contributed by atoms with Gasteiger partial charge in [0.1, 0.15) is 6.61 Å². The number of benzene rings is 1. The molecule has 1 saturated heterocycles. The van der Waals surface area contributed by atoms with E-state index in [1.54, 1.807) is 6.07 Å². The maximum Gasteiger partial charge on any atom is 0.407 e. The van der Waals surface area contributed by atoms with E-state index in [1.807, 2.05) is 18.2 Å². The van der Waals surface area contributed by atoms with Crippen LogP contribution >= 0.6 is 0 Å². The SMILES string of the molecule is N#Cc1cccc(C[C@H]2COC(=O)N2)c1. The number of cyclic esters (lactones) is 1. The first-order chi connectivity index (χ1) is 7.28. The second-order valence-corrected chi connectivity index (χ2v) is 3.46. The van der Waals surface area contributed by atoms with Crippen LogP contribution in [0.5, 0.6) is 0 Å². The van der Waals surface area contributed by atoms with Crippen LogP contribution in [-0.2, 0) is 11.2 Å². The van der Waals surface area contributed by atoms with Crippen molar-refractivity contribution in [3.05, 3.63) is 35.4 Å². The van der Waals surface area contributed by atoms with Crippen molar-refractivity contribution in [2.75, 3.05) is 6.61 Å². The van der Waals surface area contributed by atoms with Crippen molar-refractivity contribution >= 4 is 6.09 Å². The minimum Gasteiger partial charge on any atom is -0.447 e. The van der Waals surface area contributed by atoms with Gasteiger partial charge in [0.15, 0.2) is 0 Å². The summed E-state index contributed by atoms with van der Waals surface area (Å²) in [7, 11) is 0. The van der Waals surface area contributed by atoms with E-state index in [2.05, 4.69) is 11.4 Å². The monoisotopic (exact) mass is 202 g/mol. The van der Waals surface area contributed by atoms with Crippen molar-refractivity contribution < 1.29 is 9.53 Å². The number of nitriles is 1. The summed E-state index contributed by atoms with van der Waals surface area (Å²) in [5, 5.41) is 11.4. The summed E-state index contributed by atoms with van der Waals surface area (Å²) >= 11 is 0. The lowest BCUT2D eigenvalue weighted by atomic mass is 10.0. The molecular formula is C11H10N2O2. The van der Waals surface area contributed by atoms with Crippen LogP contribution in [0.4, 0.5) is 4.79 Å². The summed E-state index contributed by atoms with van der Waals surface area (Å²) in [6, 6.07) is 9.46. The highest BCUT2D eigenvalue weighted by molar-refractivity contribution is 5.69. The summed E-state index contributed by atoms with van der Waals surface area (Å²) in [5.41, 5.74) is 1.67. The molecule has 4 heteroatoms. The predicted molar refractivity (Wildman–Crippen MR) is 53.1 cm³/mol. The zero-order chi connectivity index (χ0) is 10.7. The van der Waals surface area contributed by atoms with E-state index in [0.29, 0.717) is 18.6 Å². The van der Waals surface area contributed by atoms with Crippen LogP contribution < -0.4 is 5.32 Å². The van der Waals surface area contributed by atoms with Gasteiger partial charge >= 0.3 is 6.09 Å². The molecule has 1 atom stereocenters. The molecular weight excluding hydrogens is 192 g/mol. The number of hydrogen-bond donors (Lipinski definition) is 1. The number of ether oxygens (including phenoxy) is 1. The summed E-state index contributed by atoms with van der Waals surface area (Å²) in [4.78, 5) is 10.8. The van der Waals surface area contributed by atoms with Gasteiger partial charge in [-0.25, -0.2) is 4.79 Å². The van der Waals surface area contributed by atoms with Gasteiger partial charge in [0.2, 0.25) is 0 Å². The Bertz CT molecular complexity index is 423. The lowest BCUT2D eigenvalue weighted by Crippen LogP contribution is -2.28. The van der Waals surface area contributed by atoms with E-state index in [1.165, 1.54) is 0 Å². The van der Waals surface area contributed by atoms with Crippen molar-refractivity contribution in [3.63, 3.8) is 0 Å². The Morgan fingerprint density at radius 1 is 1.60 bits per heavy atom. The van der Waals surface area contributed by atoms with Crippen LogP contribution in [-0.4, -0.2) is 18.7 Å². The first kappa shape index (κ1) is 9.53. The largest absolute Gasteiger partial charge is 0.447 e. The molecule has 0 aliphatic carbocycles. The van der Waals surface area contributed by atoms with E-state index in [9.17, 15) is 4.79 Å². The maximum atomic E-state index is 10.8. The Morgan fingerprint density at radius 3 is 3.13 bits per heavy atom. The van der Waals surface area contributed by atoms with Crippen LogP contribution in [0, 0.1) is 11.3 Å². The van der Waals surface area contributed by atoms with Crippen molar-refractivity contribution in [1.82, 2.24) is 5.32 Å². The zero-order valence-corrected chi connectivity index (χ0v) is 8.06. The number of nitrogens with zero attached hydrogens (tertiary/aromatic N) is 1. The van der Waals surface area contributed by atoms with Crippen LogP contribution in [0.1, 0.15) is 11.1 Å². The fraction of sp³-hybridized carbons (Fsp3) is 0.273. The minimum absolute atomic E-state index is 0.0199. The number of hydrogen-bond acceptors (Lipinski definition) is 3. The first-order valence-corrected chi connectivity index (χ1v) is 4.70. The van der Waals surface area contributed by atoms with Crippen LogP contribution in [0.2, 0.25) is 0 Å². The molecule has 0 bridgehead atoms. The predicted octanol–water partition coefficient (Wildman–Crippen LogP) is 1.21. The van der Waals surface area contributed by atoms with Crippen molar-refractivity contribution in [3.8, 4) is 6.07 Å². The Hall–Kier alpha value is -2.02. The molecule has 4 nitrogen and oxygen atoms in total. The van der Waals surface area contributed by atoms with E-state index >= 15 is 0 Å². The molecule has 15 heavy (non-hydrogen) atoms. The number of nitrogens with one attached hydrogen (secondary N) is 1. The molecule has 1 aromatic carbocycles. The first-order valence-electron chi connectivity index (χ1n) is 4.70. The normalized spacial score (nSPS) is 19.1.